The molecule has 1 aliphatic carbocycles. The van der Waals surface area contributed by atoms with E-state index in [1.54, 1.807) is 6.07 Å². The van der Waals surface area contributed by atoms with Crippen molar-refractivity contribution in [2.45, 2.75) is 18.9 Å². The zero-order chi connectivity index (χ0) is 11.7. The molecule has 3 rings (SSSR count). The van der Waals surface area contributed by atoms with Crippen LogP contribution in [0.1, 0.15) is 12.8 Å². The van der Waals surface area contributed by atoms with E-state index in [1.807, 2.05) is 42.5 Å². The van der Waals surface area contributed by atoms with Gasteiger partial charge in [0.1, 0.15) is 11.5 Å². The number of phenolic OH excluding ortho intramolecular Hbond substituents is 1. The van der Waals surface area contributed by atoms with E-state index in [4.69, 9.17) is 4.74 Å². The van der Waals surface area contributed by atoms with Crippen LogP contribution in [0, 0.1) is 0 Å². The van der Waals surface area contributed by atoms with Gasteiger partial charge < -0.3 is 9.84 Å². The molecule has 1 N–H and O–H groups in total. The zero-order valence-corrected chi connectivity index (χ0v) is 9.47. The highest BCUT2D eigenvalue weighted by Gasteiger charge is 2.23. The maximum atomic E-state index is 9.76. The first-order valence-electron chi connectivity index (χ1n) is 5.88. The van der Waals surface area contributed by atoms with Crippen molar-refractivity contribution in [2.75, 3.05) is 0 Å². The largest absolute Gasteiger partial charge is 0.507 e. The number of hydrogen-bond donors (Lipinski definition) is 1. The third kappa shape index (κ3) is 2.26. The van der Waals surface area contributed by atoms with Crippen molar-refractivity contribution in [1.82, 2.24) is 0 Å². The minimum absolute atomic E-state index is 0.309. The van der Waals surface area contributed by atoms with Crippen LogP contribution in [0.4, 0.5) is 0 Å². The van der Waals surface area contributed by atoms with Gasteiger partial charge in [0.15, 0.2) is 0 Å². The normalized spacial score (nSPS) is 14.6. The first kappa shape index (κ1) is 10.2. The lowest BCUT2D eigenvalue weighted by atomic mass is 10.0. The van der Waals surface area contributed by atoms with E-state index < -0.39 is 0 Å². The molecule has 0 radical (unpaired) electrons. The topological polar surface area (TPSA) is 29.5 Å². The molecule has 0 unspecified atom stereocenters. The Labute approximate surface area is 100 Å². The average Bonchev–Trinajstić information content (AvgIpc) is 3.15. The average molecular weight is 226 g/mol. The molecule has 0 saturated heterocycles. The van der Waals surface area contributed by atoms with E-state index in [9.17, 15) is 5.11 Å². The van der Waals surface area contributed by atoms with Crippen LogP contribution in [-0.4, -0.2) is 11.2 Å². The predicted molar refractivity (Wildman–Crippen MR) is 67.2 cm³/mol. The molecular formula is C15H14O2. The Bertz CT molecular complexity index is 513. The zero-order valence-electron chi connectivity index (χ0n) is 9.47. The number of rotatable bonds is 3. The summed E-state index contributed by atoms with van der Waals surface area (Å²) in [7, 11) is 0. The minimum atomic E-state index is 0.309. The van der Waals surface area contributed by atoms with Crippen LogP contribution in [0.15, 0.2) is 48.5 Å². The Kier molecular flexibility index (Phi) is 2.48. The van der Waals surface area contributed by atoms with Gasteiger partial charge in [0, 0.05) is 5.56 Å². The SMILES string of the molecule is Oc1ccccc1-c1ccc(OC2CC2)cc1. The molecule has 0 heterocycles. The molecule has 2 heteroatoms. The fourth-order valence-electron chi connectivity index (χ4n) is 1.81. The maximum Gasteiger partial charge on any atom is 0.123 e. The van der Waals surface area contributed by atoms with Crippen molar-refractivity contribution in [3.63, 3.8) is 0 Å². The van der Waals surface area contributed by atoms with Gasteiger partial charge in [-0.3, -0.25) is 0 Å². The highest BCUT2D eigenvalue weighted by atomic mass is 16.5. The molecule has 0 bridgehead atoms. The van der Waals surface area contributed by atoms with Crippen molar-refractivity contribution in [3.05, 3.63) is 48.5 Å². The summed E-state index contributed by atoms with van der Waals surface area (Å²) in [5.74, 6) is 1.22. The molecule has 17 heavy (non-hydrogen) atoms. The lowest BCUT2D eigenvalue weighted by Crippen LogP contribution is -1.95. The van der Waals surface area contributed by atoms with Gasteiger partial charge in [0.25, 0.3) is 0 Å². The van der Waals surface area contributed by atoms with Gasteiger partial charge in [0.2, 0.25) is 0 Å². The molecule has 2 aromatic rings. The van der Waals surface area contributed by atoms with Crippen molar-refractivity contribution in [3.8, 4) is 22.6 Å². The van der Waals surface area contributed by atoms with E-state index in [-0.39, 0.29) is 0 Å². The van der Waals surface area contributed by atoms with Crippen LogP contribution in [0.2, 0.25) is 0 Å². The predicted octanol–water partition coefficient (Wildman–Crippen LogP) is 3.60. The molecule has 86 valence electrons. The van der Waals surface area contributed by atoms with Crippen LogP contribution >= 0.6 is 0 Å². The quantitative estimate of drug-likeness (QED) is 0.866. The van der Waals surface area contributed by atoms with E-state index in [2.05, 4.69) is 0 Å². The van der Waals surface area contributed by atoms with Crippen molar-refractivity contribution in [1.29, 1.82) is 0 Å². The standard InChI is InChI=1S/C15H14O2/c16-15-4-2-1-3-14(15)11-5-7-12(8-6-11)17-13-9-10-13/h1-8,13,16H,9-10H2. The fraction of sp³-hybridized carbons (Fsp3) is 0.200. The summed E-state index contributed by atoms with van der Waals surface area (Å²) in [6.07, 6.45) is 2.76. The number of benzene rings is 2. The molecule has 1 aliphatic rings. The number of phenols is 1. The van der Waals surface area contributed by atoms with Crippen LogP contribution in [0.5, 0.6) is 11.5 Å². The monoisotopic (exact) mass is 226 g/mol. The van der Waals surface area contributed by atoms with Gasteiger partial charge in [-0.15, -0.1) is 0 Å². The van der Waals surface area contributed by atoms with Crippen molar-refractivity contribution >= 4 is 0 Å². The van der Waals surface area contributed by atoms with Gasteiger partial charge in [0.05, 0.1) is 6.10 Å². The molecular weight excluding hydrogens is 212 g/mol. The molecule has 1 saturated carbocycles. The number of hydrogen-bond acceptors (Lipinski definition) is 2. The Hall–Kier alpha value is -1.96. The Morgan fingerprint density at radius 3 is 2.29 bits per heavy atom. The lowest BCUT2D eigenvalue weighted by Gasteiger charge is -2.07. The summed E-state index contributed by atoms with van der Waals surface area (Å²) >= 11 is 0. The molecule has 0 spiro atoms. The van der Waals surface area contributed by atoms with Crippen LogP contribution < -0.4 is 4.74 Å². The van der Waals surface area contributed by atoms with Crippen LogP contribution in [0.3, 0.4) is 0 Å². The van der Waals surface area contributed by atoms with Gasteiger partial charge >= 0.3 is 0 Å². The summed E-state index contributed by atoms with van der Waals surface area (Å²) in [5.41, 5.74) is 1.86. The molecule has 1 fully saturated rings. The second kappa shape index (κ2) is 4.13. The maximum absolute atomic E-state index is 9.76. The second-order valence-electron chi connectivity index (χ2n) is 4.36. The highest BCUT2D eigenvalue weighted by Crippen LogP contribution is 2.31. The molecule has 2 aromatic carbocycles. The van der Waals surface area contributed by atoms with Gasteiger partial charge in [-0.05, 0) is 36.6 Å². The molecule has 2 nitrogen and oxygen atoms in total. The van der Waals surface area contributed by atoms with Crippen LogP contribution in [-0.2, 0) is 0 Å². The third-order valence-corrected chi connectivity index (χ3v) is 2.90. The minimum Gasteiger partial charge on any atom is -0.507 e. The second-order valence-corrected chi connectivity index (χ2v) is 4.36. The van der Waals surface area contributed by atoms with Crippen molar-refractivity contribution in [2.24, 2.45) is 0 Å². The number of ether oxygens (including phenoxy) is 1. The van der Waals surface area contributed by atoms with Gasteiger partial charge in [-0.2, -0.15) is 0 Å². The van der Waals surface area contributed by atoms with E-state index in [0.29, 0.717) is 11.9 Å². The Morgan fingerprint density at radius 1 is 0.941 bits per heavy atom. The van der Waals surface area contributed by atoms with E-state index >= 15 is 0 Å². The molecule has 0 aliphatic heterocycles. The fourth-order valence-corrected chi connectivity index (χ4v) is 1.81. The van der Waals surface area contributed by atoms with Gasteiger partial charge in [-0.25, -0.2) is 0 Å². The Balaban J connectivity index is 1.86. The third-order valence-electron chi connectivity index (χ3n) is 2.90. The van der Waals surface area contributed by atoms with E-state index in [1.165, 1.54) is 12.8 Å². The summed E-state index contributed by atoms with van der Waals surface area (Å²) in [6, 6.07) is 15.2. The number of para-hydroxylation sites is 1. The smallest absolute Gasteiger partial charge is 0.123 e. The molecule has 0 atom stereocenters. The molecule has 0 aromatic heterocycles. The Morgan fingerprint density at radius 2 is 1.65 bits per heavy atom. The first-order chi connectivity index (χ1) is 8.33. The lowest BCUT2D eigenvalue weighted by molar-refractivity contribution is 0.303. The summed E-state index contributed by atoms with van der Waals surface area (Å²) in [6.45, 7) is 0. The summed E-state index contributed by atoms with van der Waals surface area (Å²) < 4.78 is 5.68. The van der Waals surface area contributed by atoms with E-state index in [0.717, 1.165) is 16.9 Å². The molecule has 0 amide bonds. The summed E-state index contributed by atoms with van der Waals surface area (Å²) in [4.78, 5) is 0. The first-order valence-corrected chi connectivity index (χ1v) is 5.88. The summed E-state index contributed by atoms with van der Waals surface area (Å²) in [5, 5.41) is 9.76. The van der Waals surface area contributed by atoms with Gasteiger partial charge in [-0.1, -0.05) is 30.3 Å². The highest BCUT2D eigenvalue weighted by molar-refractivity contribution is 5.70. The van der Waals surface area contributed by atoms with Crippen molar-refractivity contribution < 1.29 is 9.84 Å². The number of aromatic hydroxyl groups is 1. The van der Waals surface area contributed by atoms with Crippen LogP contribution in [0.25, 0.3) is 11.1 Å².